The van der Waals surface area contributed by atoms with E-state index in [0.29, 0.717) is 0 Å². The fourth-order valence-electron chi connectivity index (χ4n) is 1.71. The van der Waals surface area contributed by atoms with Crippen molar-refractivity contribution < 1.29 is 0 Å². The van der Waals surface area contributed by atoms with Gasteiger partial charge in [-0.2, -0.15) is 0 Å². The summed E-state index contributed by atoms with van der Waals surface area (Å²) >= 11 is 11.4. The van der Waals surface area contributed by atoms with Crippen molar-refractivity contribution in [2.45, 2.75) is 18.9 Å². The van der Waals surface area contributed by atoms with Crippen LogP contribution in [0.15, 0.2) is 40.2 Å². The van der Waals surface area contributed by atoms with Crippen LogP contribution >= 0.6 is 38.9 Å². The van der Waals surface area contributed by atoms with E-state index >= 15 is 0 Å². The fraction of sp³-hybridized carbons (Fsp3) is 0.231. The molecule has 2 rings (SSSR count). The van der Waals surface area contributed by atoms with Crippen molar-refractivity contribution in [1.82, 2.24) is 0 Å². The summed E-state index contributed by atoms with van der Waals surface area (Å²) in [5.74, 6) is 0. The molecule has 17 heavy (non-hydrogen) atoms. The van der Waals surface area contributed by atoms with Gasteiger partial charge in [0, 0.05) is 20.4 Å². The first-order valence-electron chi connectivity index (χ1n) is 5.39. The van der Waals surface area contributed by atoms with Crippen molar-refractivity contribution in [2.24, 2.45) is 5.73 Å². The highest BCUT2D eigenvalue weighted by molar-refractivity contribution is 9.10. The summed E-state index contributed by atoms with van der Waals surface area (Å²) in [7, 11) is 0. The van der Waals surface area contributed by atoms with Gasteiger partial charge in [0.1, 0.15) is 0 Å². The van der Waals surface area contributed by atoms with Crippen molar-refractivity contribution in [3.8, 4) is 0 Å². The molecule has 1 unspecified atom stereocenters. The van der Waals surface area contributed by atoms with E-state index in [1.165, 1.54) is 4.88 Å². The van der Waals surface area contributed by atoms with Gasteiger partial charge in [-0.1, -0.05) is 33.6 Å². The van der Waals surface area contributed by atoms with Gasteiger partial charge in [0.2, 0.25) is 0 Å². The Bertz CT molecular complexity index is 484. The quantitative estimate of drug-likeness (QED) is 0.856. The van der Waals surface area contributed by atoms with E-state index in [2.05, 4.69) is 33.4 Å². The molecule has 0 aliphatic heterocycles. The number of hydrogen-bond acceptors (Lipinski definition) is 2. The molecule has 1 aromatic heterocycles. The highest BCUT2D eigenvalue weighted by Crippen LogP contribution is 2.28. The van der Waals surface area contributed by atoms with E-state index < -0.39 is 0 Å². The van der Waals surface area contributed by atoms with E-state index in [4.69, 9.17) is 17.3 Å². The summed E-state index contributed by atoms with van der Waals surface area (Å²) in [6.07, 6.45) is 1.92. The standard InChI is InChI=1S/C13H13BrClNS/c14-9-3-5-12(15)11(8-9)13(16)6-4-10-2-1-7-17-10/h1-3,5,7-8,13H,4,6,16H2. The number of nitrogens with two attached hydrogens (primary N) is 1. The third-order valence-corrected chi connectivity index (χ3v) is 4.41. The smallest absolute Gasteiger partial charge is 0.0454 e. The highest BCUT2D eigenvalue weighted by atomic mass is 79.9. The van der Waals surface area contributed by atoms with E-state index in [9.17, 15) is 0 Å². The fourth-order valence-corrected chi connectivity index (χ4v) is 3.07. The topological polar surface area (TPSA) is 26.0 Å². The number of thiophene rings is 1. The maximum absolute atomic E-state index is 6.18. The first kappa shape index (κ1) is 13.1. The van der Waals surface area contributed by atoms with Crippen LogP contribution in [0.25, 0.3) is 0 Å². The van der Waals surface area contributed by atoms with Gasteiger partial charge in [-0.15, -0.1) is 11.3 Å². The zero-order valence-corrected chi connectivity index (χ0v) is 12.4. The predicted octanol–water partition coefficient (Wildman–Crippen LogP) is 4.80. The first-order chi connectivity index (χ1) is 8.16. The van der Waals surface area contributed by atoms with E-state index in [1.54, 1.807) is 11.3 Å². The molecule has 1 heterocycles. The van der Waals surface area contributed by atoms with Crippen LogP contribution in [-0.4, -0.2) is 0 Å². The maximum Gasteiger partial charge on any atom is 0.0454 e. The molecule has 2 aromatic rings. The second-order valence-corrected chi connectivity index (χ2v) is 6.25. The Kier molecular flexibility index (Phi) is 4.62. The van der Waals surface area contributed by atoms with Crippen molar-refractivity contribution in [1.29, 1.82) is 0 Å². The molecule has 1 nitrogen and oxygen atoms in total. The molecule has 0 saturated carbocycles. The molecular formula is C13H13BrClNS. The summed E-state index contributed by atoms with van der Waals surface area (Å²) in [6, 6.07) is 10.0. The van der Waals surface area contributed by atoms with Crippen LogP contribution in [0.2, 0.25) is 5.02 Å². The average Bonchev–Trinajstić information content (AvgIpc) is 2.82. The van der Waals surface area contributed by atoms with E-state index in [0.717, 1.165) is 27.9 Å². The minimum Gasteiger partial charge on any atom is -0.324 e. The van der Waals surface area contributed by atoms with Gasteiger partial charge in [-0.25, -0.2) is 0 Å². The number of halogens is 2. The van der Waals surface area contributed by atoms with Crippen LogP contribution in [0, 0.1) is 0 Å². The van der Waals surface area contributed by atoms with Crippen LogP contribution in [0.3, 0.4) is 0 Å². The minimum absolute atomic E-state index is 0.0119. The molecule has 2 N–H and O–H groups in total. The maximum atomic E-state index is 6.18. The number of hydrogen-bond donors (Lipinski definition) is 1. The van der Waals surface area contributed by atoms with Crippen LogP contribution < -0.4 is 5.73 Å². The molecule has 0 aliphatic rings. The number of benzene rings is 1. The van der Waals surface area contributed by atoms with Gasteiger partial charge in [-0.3, -0.25) is 0 Å². The van der Waals surface area contributed by atoms with Gasteiger partial charge in [-0.05, 0) is 48.1 Å². The lowest BCUT2D eigenvalue weighted by Gasteiger charge is -2.13. The van der Waals surface area contributed by atoms with Crippen LogP contribution in [0.1, 0.15) is 22.9 Å². The second kappa shape index (κ2) is 6.01. The summed E-state index contributed by atoms with van der Waals surface area (Å²) < 4.78 is 1.02. The molecule has 0 amide bonds. The van der Waals surface area contributed by atoms with Gasteiger partial charge < -0.3 is 5.73 Å². The van der Waals surface area contributed by atoms with Crippen molar-refractivity contribution in [2.75, 3.05) is 0 Å². The molecule has 0 aliphatic carbocycles. The highest BCUT2D eigenvalue weighted by Gasteiger charge is 2.11. The van der Waals surface area contributed by atoms with Crippen LogP contribution in [0.5, 0.6) is 0 Å². The molecule has 0 bridgehead atoms. The van der Waals surface area contributed by atoms with Crippen molar-refractivity contribution in [3.05, 3.63) is 55.6 Å². The van der Waals surface area contributed by atoms with Gasteiger partial charge >= 0.3 is 0 Å². The minimum atomic E-state index is -0.0119. The Morgan fingerprint density at radius 2 is 2.18 bits per heavy atom. The lowest BCUT2D eigenvalue weighted by Crippen LogP contribution is -2.11. The second-order valence-electron chi connectivity index (χ2n) is 3.89. The van der Waals surface area contributed by atoms with Crippen molar-refractivity contribution >= 4 is 38.9 Å². The Balaban J connectivity index is 2.04. The molecule has 1 atom stereocenters. The van der Waals surface area contributed by atoms with Gasteiger partial charge in [0.15, 0.2) is 0 Å². The van der Waals surface area contributed by atoms with E-state index in [-0.39, 0.29) is 6.04 Å². The molecule has 0 saturated heterocycles. The molecule has 0 fully saturated rings. The first-order valence-corrected chi connectivity index (χ1v) is 7.45. The van der Waals surface area contributed by atoms with Gasteiger partial charge in [0.25, 0.3) is 0 Å². The van der Waals surface area contributed by atoms with E-state index in [1.807, 2.05) is 18.2 Å². The lowest BCUT2D eigenvalue weighted by atomic mass is 10.0. The average molecular weight is 331 g/mol. The molecule has 0 radical (unpaired) electrons. The monoisotopic (exact) mass is 329 g/mol. The molecule has 4 heteroatoms. The zero-order chi connectivity index (χ0) is 12.3. The van der Waals surface area contributed by atoms with Gasteiger partial charge in [0.05, 0.1) is 0 Å². The normalized spacial score (nSPS) is 12.6. The number of aryl methyl sites for hydroxylation is 1. The Hall–Kier alpha value is -0.350. The predicted molar refractivity (Wildman–Crippen MR) is 78.7 cm³/mol. The molecule has 90 valence electrons. The van der Waals surface area contributed by atoms with Crippen LogP contribution in [-0.2, 0) is 6.42 Å². The SMILES string of the molecule is NC(CCc1cccs1)c1cc(Br)ccc1Cl. The third kappa shape index (κ3) is 3.55. The summed E-state index contributed by atoms with van der Waals surface area (Å²) in [5.41, 5.74) is 7.19. The summed E-state index contributed by atoms with van der Waals surface area (Å²) in [6.45, 7) is 0. The summed E-state index contributed by atoms with van der Waals surface area (Å²) in [5, 5.41) is 2.83. The Morgan fingerprint density at radius 1 is 1.35 bits per heavy atom. The Morgan fingerprint density at radius 3 is 2.88 bits per heavy atom. The Labute approximate surface area is 119 Å². The lowest BCUT2D eigenvalue weighted by molar-refractivity contribution is 0.655. The largest absolute Gasteiger partial charge is 0.324 e. The zero-order valence-electron chi connectivity index (χ0n) is 9.20. The van der Waals surface area contributed by atoms with Crippen LogP contribution in [0.4, 0.5) is 0 Å². The van der Waals surface area contributed by atoms with Crippen molar-refractivity contribution in [3.63, 3.8) is 0 Å². The summed E-state index contributed by atoms with van der Waals surface area (Å²) in [4.78, 5) is 1.37. The molecular weight excluding hydrogens is 318 g/mol. The molecule has 0 spiro atoms. The number of rotatable bonds is 4. The molecule has 1 aromatic carbocycles. The third-order valence-electron chi connectivity index (χ3n) is 2.64.